The van der Waals surface area contributed by atoms with Crippen molar-refractivity contribution in [3.63, 3.8) is 0 Å². The van der Waals surface area contributed by atoms with Gasteiger partial charge in [0.15, 0.2) is 5.82 Å². The molecule has 0 unspecified atom stereocenters. The van der Waals surface area contributed by atoms with Crippen LogP contribution < -0.4 is 11.2 Å². The molecule has 25 heavy (non-hydrogen) atoms. The van der Waals surface area contributed by atoms with E-state index in [1.807, 2.05) is 32.0 Å². The van der Waals surface area contributed by atoms with Crippen LogP contribution in [0.3, 0.4) is 0 Å². The summed E-state index contributed by atoms with van der Waals surface area (Å²) in [6.07, 6.45) is 3.76. The van der Waals surface area contributed by atoms with Crippen LogP contribution in [0.4, 0.5) is 5.69 Å². The Morgan fingerprint density at radius 1 is 1.36 bits per heavy atom. The maximum absolute atomic E-state index is 12.6. The van der Waals surface area contributed by atoms with E-state index in [9.17, 15) is 4.79 Å². The number of hydrogen-bond donors (Lipinski definition) is 2. The summed E-state index contributed by atoms with van der Waals surface area (Å²) >= 11 is 1.32. The zero-order valence-electron chi connectivity index (χ0n) is 15.4. The number of thioether (sulfide) groups is 1. The predicted octanol–water partition coefficient (Wildman–Crippen LogP) is 3.32. The van der Waals surface area contributed by atoms with Gasteiger partial charge < -0.3 is 11.2 Å². The van der Waals surface area contributed by atoms with Crippen molar-refractivity contribution in [1.82, 2.24) is 14.9 Å². The average molecular weight is 362 g/mol. The number of hydrogen-bond acceptors (Lipinski definition) is 5. The Morgan fingerprint density at radius 2 is 2.12 bits per heavy atom. The molecule has 1 amide bonds. The van der Waals surface area contributed by atoms with Crippen molar-refractivity contribution in [3.05, 3.63) is 35.2 Å². The molecule has 0 bridgehead atoms. The third-order valence-corrected chi connectivity index (χ3v) is 5.19. The molecule has 0 radical (unpaired) electrons. The number of carbonyl (C=O) groups excluding carboxylic acids is 1. The first-order valence-corrected chi connectivity index (χ1v) is 9.61. The number of aromatic nitrogens is 3. The first-order valence-electron chi connectivity index (χ1n) is 8.73. The van der Waals surface area contributed by atoms with Crippen molar-refractivity contribution in [2.45, 2.75) is 63.8 Å². The molecule has 1 heterocycles. The van der Waals surface area contributed by atoms with Crippen molar-refractivity contribution < 1.29 is 4.79 Å². The van der Waals surface area contributed by atoms with Crippen LogP contribution in [0.1, 0.15) is 50.6 Å². The molecule has 0 saturated heterocycles. The van der Waals surface area contributed by atoms with Gasteiger partial charge in [0.2, 0.25) is 11.1 Å². The van der Waals surface area contributed by atoms with Crippen LogP contribution >= 0.6 is 11.8 Å². The number of nitrogens with zero attached hydrogens (tertiary/aromatic N) is 3. The van der Waals surface area contributed by atoms with E-state index >= 15 is 0 Å². The fourth-order valence-corrected chi connectivity index (χ4v) is 3.32. The SMILES string of the molecule is CCCCc1nnc(S[C@@H](C)C(=O)Nc2c(C)cccc2CC)n1N. The van der Waals surface area contributed by atoms with E-state index in [-0.39, 0.29) is 11.2 Å². The number of aryl methyl sites for hydroxylation is 3. The second-order valence-corrected chi connectivity index (χ2v) is 7.39. The monoisotopic (exact) mass is 361 g/mol. The fourth-order valence-electron chi connectivity index (χ4n) is 2.53. The van der Waals surface area contributed by atoms with Crippen molar-refractivity contribution >= 4 is 23.4 Å². The van der Waals surface area contributed by atoms with Crippen LogP contribution in [-0.2, 0) is 17.6 Å². The number of benzene rings is 1. The van der Waals surface area contributed by atoms with E-state index in [0.717, 1.165) is 48.3 Å². The van der Waals surface area contributed by atoms with Gasteiger partial charge in [0.25, 0.3) is 0 Å². The molecule has 6 nitrogen and oxygen atoms in total. The van der Waals surface area contributed by atoms with Gasteiger partial charge in [-0.1, -0.05) is 50.2 Å². The average Bonchev–Trinajstić information content (AvgIpc) is 2.94. The van der Waals surface area contributed by atoms with E-state index in [4.69, 9.17) is 5.84 Å². The minimum Gasteiger partial charge on any atom is -0.336 e. The largest absolute Gasteiger partial charge is 0.336 e. The maximum Gasteiger partial charge on any atom is 0.237 e. The lowest BCUT2D eigenvalue weighted by Gasteiger charge is -2.16. The van der Waals surface area contributed by atoms with E-state index in [1.54, 1.807) is 0 Å². The van der Waals surface area contributed by atoms with Gasteiger partial charge in [-0.2, -0.15) is 0 Å². The minimum absolute atomic E-state index is 0.0629. The number of amides is 1. The van der Waals surface area contributed by atoms with E-state index in [2.05, 4.69) is 29.4 Å². The Morgan fingerprint density at radius 3 is 2.80 bits per heavy atom. The van der Waals surface area contributed by atoms with Crippen LogP contribution in [0.15, 0.2) is 23.4 Å². The third kappa shape index (κ3) is 4.75. The van der Waals surface area contributed by atoms with Gasteiger partial charge in [-0.15, -0.1) is 10.2 Å². The molecule has 0 spiro atoms. The highest BCUT2D eigenvalue weighted by atomic mass is 32.2. The fraction of sp³-hybridized carbons (Fsp3) is 0.500. The Bertz CT molecular complexity index is 728. The van der Waals surface area contributed by atoms with Crippen LogP contribution in [-0.4, -0.2) is 26.0 Å². The number of rotatable bonds is 8. The Balaban J connectivity index is 2.05. The van der Waals surface area contributed by atoms with Crippen molar-refractivity contribution in [2.75, 3.05) is 11.2 Å². The topological polar surface area (TPSA) is 85.8 Å². The molecule has 1 atom stereocenters. The summed E-state index contributed by atoms with van der Waals surface area (Å²) in [4.78, 5) is 12.6. The molecule has 3 N–H and O–H groups in total. The number of para-hydroxylation sites is 1. The van der Waals surface area contributed by atoms with Gasteiger partial charge in [0, 0.05) is 12.1 Å². The molecule has 1 aromatic carbocycles. The number of nitrogen functional groups attached to an aromatic ring is 1. The molecule has 1 aromatic heterocycles. The molecule has 0 fully saturated rings. The first-order chi connectivity index (χ1) is 12.0. The minimum atomic E-state index is -0.324. The predicted molar refractivity (Wildman–Crippen MR) is 103 cm³/mol. The number of nitrogens with two attached hydrogens (primary N) is 1. The first kappa shape index (κ1) is 19.3. The lowest BCUT2D eigenvalue weighted by Crippen LogP contribution is -2.25. The van der Waals surface area contributed by atoms with E-state index in [0.29, 0.717) is 5.16 Å². The molecule has 7 heteroatoms. The number of anilines is 1. The van der Waals surface area contributed by atoms with Crippen molar-refractivity contribution in [2.24, 2.45) is 0 Å². The summed E-state index contributed by atoms with van der Waals surface area (Å²) in [5.41, 5.74) is 3.10. The smallest absolute Gasteiger partial charge is 0.237 e. The second kappa shape index (κ2) is 8.89. The van der Waals surface area contributed by atoms with Gasteiger partial charge in [0.05, 0.1) is 5.25 Å². The third-order valence-electron chi connectivity index (χ3n) is 4.13. The Labute approximate surface area is 153 Å². The summed E-state index contributed by atoms with van der Waals surface area (Å²) < 4.78 is 1.50. The molecule has 0 aliphatic rings. The second-order valence-electron chi connectivity index (χ2n) is 6.08. The van der Waals surface area contributed by atoms with E-state index in [1.165, 1.54) is 16.4 Å². The lowest BCUT2D eigenvalue weighted by molar-refractivity contribution is -0.115. The standard InChI is InChI=1S/C18H27N5OS/c1-5-7-11-15-21-22-18(23(15)19)25-13(4)17(24)20-16-12(3)9-8-10-14(16)6-2/h8-10,13H,5-7,11,19H2,1-4H3,(H,20,24)/t13-/m0/s1. The quantitative estimate of drug-likeness (QED) is 0.556. The van der Waals surface area contributed by atoms with Crippen LogP contribution in [0.2, 0.25) is 0 Å². The normalized spacial score (nSPS) is 12.2. The maximum atomic E-state index is 12.6. The molecule has 136 valence electrons. The van der Waals surface area contributed by atoms with Crippen molar-refractivity contribution in [1.29, 1.82) is 0 Å². The molecular formula is C18H27N5OS. The van der Waals surface area contributed by atoms with Gasteiger partial charge in [0.1, 0.15) is 0 Å². The van der Waals surface area contributed by atoms with Gasteiger partial charge in [-0.3, -0.25) is 4.79 Å². The summed E-state index contributed by atoms with van der Waals surface area (Å²) in [5.74, 6) is 6.74. The zero-order valence-corrected chi connectivity index (χ0v) is 16.2. The molecule has 2 rings (SSSR count). The van der Waals surface area contributed by atoms with Crippen molar-refractivity contribution in [3.8, 4) is 0 Å². The number of unbranched alkanes of at least 4 members (excludes halogenated alkanes) is 1. The van der Waals surface area contributed by atoms with Crippen LogP contribution in [0, 0.1) is 6.92 Å². The van der Waals surface area contributed by atoms with Gasteiger partial charge in [-0.05, 0) is 37.8 Å². The highest BCUT2D eigenvalue weighted by molar-refractivity contribution is 8.00. The molecule has 2 aromatic rings. The highest BCUT2D eigenvalue weighted by Gasteiger charge is 2.20. The summed E-state index contributed by atoms with van der Waals surface area (Å²) in [7, 11) is 0. The van der Waals surface area contributed by atoms with Gasteiger partial charge in [-0.25, -0.2) is 4.68 Å². The summed E-state index contributed by atoms with van der Waals surface area (Å²) in [6, 6.07) is 6.05. The molecule has 0 aliphatic carbocycles. The molecule has 0 aliphatic heterocycles. The van der Waals surface area contributed by atoms with Gasteiger partial charge >= 0.3 is 0 Å². The number of carbonyl (C=O) groups is 1. The zero-order chi connectivity index (χ0) is 18.4. The lowest BCUT2D eigenvalue weighted by atomic mass is 10.1. The van der Waals surface area contributed by atoms with Crippen LogP contribution in [0.5, 0.6) is 0 Å². The van der Waals surface area contributed by atoms with E-state index < -0.39 is 0 Å². The summed E-state index contributed by atoms with van der Waals surface area (Å²) in [6.45, 7) is 8.06. The Kier molecular flexibility index (Phi) is 6.87. The molecular weight excluding hydrogens is 334 g/mol. The summed E-state index contributed by atoms with van der Waals surface area (Å²) in [5, 5.41) is 11.5. The number of nitrogens with one attached hydrogen (secondary N) is 1. The highest BCUT2D eigenvalue weighted by Crippen LogP contribution is 2.25. The molecule has 0 saturated carbocycles. The Hall–Kier alpha value is -2.02. The van der Waals surface area contributed by atoms with Crippen LogP contribution in [0.25, 0.3) is 0 Å².